The quantitative estimate of drug-likeness (QED) is 0.463. The molecule has 0 spiro atoms. The zero-order valence-corrected chi connectivity index (χ0v) is 16.7. The average Bonchev–Trinajstić information content (AvgIpc) is 3.02. The Balaban J connectivity index is 1.49. The second kappa shape index (κ2) is 7.47. The minimum Gasteiger partial charge on any atom is -0.493 e. The summed E-state index contributed by atoms with van der Waals surface area (Å²) in [4.78, 5) is 16.4. The van der Waals surface area contributed by atoms with Gasteiger partial charge in [-0.05, 0) is 52.8 Å². The fourth-order valence-corrected chi connectivity index (χ4v) is 3.95. The van der Waals surface area contributed by atoms with Crippen LogP contribution in [0.15, 0.2) is 23.2 Å². The van der Waals surface area contributed by atoms with Crippen molar-refractivity contribution in [3.8, 4) is 5.75 Å². The monoisotopic (exact) mass is 505 g/mol. The number of rotatable bonds is 2. The number of hydrogen-bond acceptors (Lipinski definition) is 4. The van der Waals surface area contributed by atoms with E-state index in [0.29, 0.717) is 41.1 Å². The van der Waals surface area contributed by atoms with Crippen LogP contribution in [0.4, 0.5) is 13.2 Å². The van der Waals surface area contributed by atoms with Crippen LogP contribution in [0.2, 0.25) is 0 Å². The standard InChI is InChI=1S/C18H15F3IN3O3/c19-18(20,21)12-1-2-14-11(6-12)5-10(8-28-14)7-23-17(26)16-15(22)13-9-27-4-3-25(13)24-16/h1-2,6-7,10H,3-5,8-9H2. The van der Waals surface area contributed by atoms with Crippen molar-refractivity contribution in [1.29, 1.82) is 0 Å². The third-order valence-corrected chi connectivity index (χ3v) is 5.74. The van der Waals surface area contributed by atoms with E-state index in [1.165, 1.54) is 12.3 Å². The first-order valence-electron chi connectivity index (χ1n) is 8.57. The van der Waals surface area contributed by atoms with Gasteiger partial charge < -0.3 is 9.47 Å². The van der Waals surface area contributed by atoms with Crippen LogP contribution < -0.4 is 4.74 Å². The van der Waals surface area contributed by atoms with Gasteiger partial charge in [0.05, 0.1) is 41.2 Å². The van der Waals surface area contributed by atoms with Gasteiger partial charge in [-0.25, -0.2) is 4.99 Å². The first-order chi connectivity index (χ1) is 13.3. The van der Waals surface area contributed by atoms with Crippen molar-refractivity contribution in [3.63, 3.8) is 0 Å². The SMILES string of the molecule is O=C(N=CC1COc2ccc(C(F)(F)F)cc2C1)c1nn2c(c1I)COCC2. The summed E-state index contributed by atoms with van der Waals surface area (Å²) in [6.45, 7) is 1.77. The molecule has 28 heavy (non-hydrogen) atoms. The summed E-state index contributed by atoms with van der Waals surface area (Å²) in [5.41, 5.74) is 0.840. The van der Waals surface area contributed by atoms with Gasteiger partial charge in [-0.1, -0.05) is 0 Å². The van der Waals surface area contributed by atoms with E-state index >= 15 is 0 Å². The molecule has 0 saturated heterocycles. The van der Waals surface area contributed by atoms with Gasteiger partial charge in [-0.2, -0.15) is 18.3 Å². The van der Waals surface area contributed by atoms with Gasteiger partial charge in [0.1, 0.15) is 5.75 Å². The molecule has 1 aromatic heterocycles. The highest BCUT2D eigenvalue weighted by atomic mass is 127. The topological polar surface area (TPSA) is 65.7 Å². The average molecular weight is 505 g/mol. The molecule has 4 rings (SSSR count). The number of carbonyl (C=O) groups is 1. The lowest BCUT2D eigenvalue weighted by Crippen LogP contribution is -2.23. The molecule has 6 nitrogen and oxygen atoms in total. The third kappa shape index (κ3) is 3.79. The van der Waals surface area contributed by atoms with E-state index in [9.17, 15) is 18.0 Å². The number of fused-ring (bicyclic) bond motifs is 2. The second-order valence-electron chi connectivity index (χ2n) is 6.56. The first-order valence-corrected chi connectivity index (χ1v) is 9.65. The lowest BCUT2D eigenvalue weighted by Gasteiger charge is -2.23. The van der Waals surface area contributed by atoms with Crippen LogP contribution in [0.5, 0.6) is 5.75 Å². The van der Waals surface area contributed by atoms with Gasteiger partial charge in [-0.3, -0.25) is 9.48 Å². The molecule has 1 atom stereocenters. The number of aliphatic imine (C=N–C) groups is 1. The maximum Gasteiger partial charge on any atom is 0.416 e. The van der Waals surface area contributed by atoms with E-state index < -0.39 is 17.6 Å². The largest absolute Gasteiger partial charge is 0.493 e. The van der Waals surface area contributed by atoms with Crippen LogP contribution in [-0.4, -0.2) is 35.1 Å². The van der Waals surface area contributed by atoms with Crippen LogP contribution in [0.3, 0.4) is 0 Å². The molecule has 1 unspecified atom stereocenters. The van der Waals surface area contributed by atoms with E-state index in [-0.39, 0.29) is 18.2 Å². The Hall–Kier alpha value is -1.95. The summed E-state index contributed by atoms with van der Waals surface area (Å²) in [6, 6.07) is 3.42. The number of alkyl halides is 3. The van der Waals surface area contributed by atoms with Crippen LogP contribution in [-0.2, 0) is 30.5 Å². The van der Waals surface area contributed by atoms with Crippen LogP contribution in [0, 0.1) is 9.49 Å². The normalized spacial score (nSPS) is 19.2. The molecule has 0 radical (unpaired) electrons. The summed E-state index contributed by atoms with van der Waals surface area (Å²) >= 11 is 2.05. The number of hydrogen-bond donors (Lipinski definition) is 0. The summed E-state index contributed by atoms with van der Waals surface area (Å²) in [6.07, 6.45) is -2.65. The molecule has 2 aromatic rings. The van der Waals surface area contributed by atoms with Gasteiger partial charge in [0.25, 0.3) is 5.91 Å². The van der Waals surface area contributed by atoms with E-state index in [1.54, 1.807) is 4.68 Å². The number of amides is 1. The van der Waals surface area contributed by atoms with Crippen molar-refractivity contribution in [2.24, 2.45) is 10.9 Å². The van der Waals surface area contributed by atoms with E-state index in [2.05, 4.69) is 32.7 Å². The number of halogens is 4. The Kier molecular flexibility index (Phi) is 5.17. The lowest BCUT2D eigenvalue weighted by molar-refractivity contribution is -0.137. The number of ether oxygens (including phenoxy) is 2. The van der Waals surface area contributed by atoms with E-state index in [4.69, 9.17) is 9.47 Å². The maximum absolute atomic E-state index is 12.9. The highest BCUT2D eigenvalue weighted by molar-refractivity contribution is 14.1. The van der Waals surface area contributed by atoms with Gasteiger partial charge in [0, 0.05) is 12.1 Å². The lowest BCUT2D eigenvalue weighted by atomic mass is 9.96. The predicted molar refractivity (Wildman–Crippen MR) is 102 cm³/mol. The summed E-state index contributed by atoms with van der Waals surface area (Å²) in [5, 5.41) is 4.30. The Labute approximate surface area is 171 Å². The second-order valence-corrected chi connectivity index (χ2v) is 7.64. The zero-order chi connectivity index (χ0) is 19.9. The summed E-state index contributed by atoms with van der Waals surface area (Å²) in [5.74, 6) is -0.348. The molecule has 2 aliphatic heterocycles. The van der Waals surface area contributed by atoms with Crippen molar-refractivity contribution >= 4 is 34.7 Å². The molecule has 3 heterocycles. The predicted octanol–water partition coefficient (Wildman–Crippen LogP) is 3.50. The Bertz CT molecular complexity index is 956. The van der Waals surface area contributed by atoms with Crippen molar-refractivity contribution in [2.45, 2.75) is 25.7 Å². The molecular weight excluding hydrogens is 490 g/mol. The van der Waals surface area contributed by atoms with E-state index in [0.717, 1.165) is 17.8 Å². The molecule has 0 bridgehead atoms. The molecule has 0 fully saturated rings. The number of aromatic nitrogens is 2. The Morgan fingerprint density at radius 1 is 1.39 bits per heavy atom. The summed E-state index contributed by atoms with van der Waals surface area (Å²) in [7, 11) is 0. The number of nitrogens with zero attached hydrogens (tertiary/aromatic N) is 3. The van der Waals surface area contributed by atoms with Gasteiger partial charge in [0.2, 0.25) is 0 Å². The third-order valence-electron chi connectivity index (χ3n) is 4.61. The number of carbonyl (C=O) groups excluding carboxylic acids is 1. The Morgan fingerprint density at radius 3 is 2.96 bits per heavy atom. The molecule has 0 saturated carbocycles. The van der Waals surface area contributed by atoms with Gasteiger partial charge >= 0.3 is 6.18 Å². The minimum absolute atomic E-state index is 0.250. The Morgan fingerprint density at radius 2 is 2.21 bits per heavy atom. The van der Waals surface area contributed by atoms with Gasteiger partial charge in [0.15, 0.2) is 5.69 Å². The molecule has 0 aliphatic carbocycles. The molecular formula is C18H15F3IN3O3. The van der Waals surface area contributed by atoms with Crippen molar-refractivity contribution in [2.75, 3.05) is 13.2 Å². The molecule has 1 amide bonds. The zero-order valence-electron chi connectivity index (χ0n) is 14.5. The molecule has 2 aliphatic rings. The van der Waals surface area contributed by atoms with Crippen molar-refractivity contribution in [3.05, 3.63) is 44.3 Å². The molecule has 148 valence electrons. The summed E-state index contributed by atoms with van der Waals surface area (Å²) < 4.78 is 52.1. The highest BCUT2D eigenvalue weighted by Crippen LogP contribution is 2.35. The van der Waals surface area contributed by atoms with Crippen molar-refractivity contribution < 1.29 is 27.4 Å². The molecule has 0 N–H and O–H groups in total. The van der Waals surface area contributed by atoms with Crippen LogP contribution in [0.25, 0.3) is 0 Å². The van der Waals surface area contributed by atoms with Crippen molar-refractivity contribution in [1.82, 2.24) is 9.78 Å². The molecule has 10 heteroatoms. The highest BCUT2D eigenvalue weighted by Gasteiger charge is 2.32. The van der Waals surface area contributed by atoms with Gasteiger partial charge in [-0.15, -0.1) is 0 Å². The smallest absolute Gasteiger partial charge is 0.416 e. The fraction of sp³-hybridized carbons (Fsp3) is 0.389. The maximum atomic E-state index is 12.9. The number of benzene rings is 1. The van der Waals surface area contributed by atoms with Crippen LogP contribution >= 0.6 is 22.6 Å². The molecule has 1 aromatic carbocycles. The van der Waals surface area contributed by atoms with E-state index in [1.807, 2.05) is 0 Å². The minimum atomic E-state index is -4.41. The van der Waals surface area contributed by atoms with Crippen LogP contribution in [0.1, 0.15) is 27.3 Å². The fourth-order valence-electron chi connectivity index (χ4n) is 3.18. The first kappa shape index (κ1) is 19.4.